The molecule has 1 aromatic rings. The van der Waals surface area contributed by atoms with Gasteiger partial charge in [-0.3, -0.25) is 0 Å². The standard InChI is InChI=1S/C9H9BrClN/c1-12-5-4-6-8(12)3-2-7(10)9(6)11/h2-3H,4-5H2,1H3. The van der Waals surface area contributed by atoms with E-state index in [0.717, 1.165) is 22.5 Å². The average Bonchev–Trinajstić information content (AvgIpc) is 2.41. The first kappa shape index (κ1) is 8.39. The lowest BCUT2D eigenvalue weighted by Gasteiger charge is -2.11. The van der Waals surface area contributed by atoms with Gasteiger partial charge in [-0.25, -0.2) is 0 Å². The van der Waals surface area contributed by atoms with E-state index in [9.17, 15) is 0 Å². The zero-order valence-corrected chi connectivity index (χ0v) is 9.11. The number of rotatable bonds is 0. The smallest absolute Gasteiger partial charge is 0.0601 e. The summed E-state index contributed by atoms with van der Waals surface area (Å²) >= 11 is 9.55. The molecule has 0 N–H and O–H groups in total. The van der Waals surface area contributed by atoms with Crippen LogP contribution < -0.4 is 4.90 Å². The van der Waals surface area contributed by atoms with Crippen LogP contribution in [-0.2, 0) is 6.42 Å². The van der Waals surface area contributed by atoms with E-state index >= 15 is 0 Å². The topological polar surface area (TPSA) is 3.24 Å². The van der Waals surface area contributed by atoms with Gasteiger partial charge in [-0.05, 0) is 40.0 Å². The fraction of sp³-hybridized carbons (Fsp3) is 0.333. The first-order valence-electron chi connectivity index (χ1n) is 3.88. The van der Waals surface area contributed by atoms with Gasteiger partial charge in [-0.2, -0.15) is 0 Å². The van der Waals surface area contributed by atoms with Crippen LogP contribution in [0.15, 0.2) is 16.6 Å². The summed E-state index contributed by atoms with van der Waals surface area (Å²) in [5, 5.41) is 0.872. The van der Waals surface area contributed by atoms with Crippen LogP contribution in [0.5, 0.6) is 0 Å². The van der Waals surface area contributed by atoms with Crippen LogP contribution in [0, 0.1) is 0 Å². The summed E-state index contributed by atoms with van der Waals surface area (Å²) in [6.45, 7) is 1.07. The second kappa shape index (κ2) is 2.93. The number of nitrogens with zero attached hydrogens (tertiary/aromatic N) is 1. The van der Waals surface area contributed by atoms with Crippen LogP contribution in [-0.4, -0.2) is 13.6 Å². The van der Waals surface area contributed by atoms with Gasteiger partial charge in [-0.15, -0.1) is 0 Å². The Labute approximate surface area is 85.5 Å². The molecule has 0 atom stereocenters. The quantitative estimate of drug-likeness (QED) is 0.680. The molecule has 0 unspecified atom stereocenters. The van der Waals surface area contributed by atoms with Crippen molar-refractivity contribution < 1.29 is 0 Å². The van der Waals surface area contributed by atoms with E-state index in [2.05, 4.69) is 33.9 Å². The van der Waals surface area contributed by atoms with E-state index in [0.29, 0.717) is 0 Å². The largest absolute Gasteiger partial charge is 0.374 e. The van der Waals surface area contributed by atoms with Crippen molar-refractivity contribution in [2.75, 3.05) is 18.5 Å². The van der Waals surface area contributed by atoms with Crippen molar-refractivity contribution in [3.8, 4) is 0 Å². The zero-order chi connectivity index (χ0) is 8.72. The molecule has 2 rings (SSSR count). The van der Waals surface area contributed by atoms with E-state index in [4.69, 9.17) is 11.6 Å². The van der Waals surface area contributed by atoms with E-state index < -0.39 is 0 Å². The molecule has 0 radical (unpaired) electrons. The van der Waals surface area contributed by atoms with Crippen molar-refractivity contribution in [1.82, 2.24) is 0 Å². The highest BCUT2D eigenvalue weighted by Gasteiger charge is 2.19. The monoisotopic (exact) mass is 245 g/mol. The SMILES string of the molecule is CN1CCc2c1ccc(Br)c2Cl. The van der Waals surface area contributed by atoms with Gasteiger partial charge >= 0.3 is 0 Å². The van der Waals surface area contributed by atoms with Crippen LogP contribution in [0.2, 0.25) is 5.02 Å². The second-order valence-corrected chi connectivity index (χ2v) is 4.26. The Bertz CT molecular complexity index is 325. The number of anilines is 1. The molecule has 0 fully saturated rings. The van der Waals surface area contributed by atoms with E-state index in [1.807, 2.05) is 6.07 Å². The van der Waals surface area contributed by atoms with Gasteiger partial charge in [0.05, 0.1) is 5.02 Å². The van der Waals surface area contributed by atoms with Crippen LogP contribution in [0.25, 0.3) is 0 Å². The fourth-order valence-electron chi connectivity index (χ4n) is 1.58. The molecule has 0 spiro atoms. The minimum atomic E-state index is 0.872. The lowest BCUT2D eigenvalue weighted by atomic mass is 10.2. The maximum absolute atomic E-state index is 6.13. The number of halogens is 2. The summed E-state index contributed by atoms with van der Waals surface area (Å²) in [5.74, 6) is 0. The summed E-state index contributed by atoms with van der Waals surface area (Å²) in [6, 6.07) is 4.11. The molecule has 1 aliphatic rings. The molecule has 0 aliphatic carbocycles. The number of likely N-dealkylation sites (N-methyl/N-ethyl adjacent to an activating group) is 1. The van der Waals surface area contributed by atoms with Crippen molar-refractivity contribution in [3.05, 3.63) is 27.2 Å². The summed E-state index contributed by atoms with van der Waals surface area (Å²) < 4.78 is 0.998. The number of fused-ring (bicyclic) bond motifs is 1. The van der Waals surface area contributed by atoms with Gasteiger partial charge in [-0.1, -0.05) is 11.6 Å². The van der Waals surface area contributed by atoms with Crippen molar-refractivity contribution in [3.63, 3.8) is 0 Å². The minimum Gasteiger partial charge on any atom is -0.374 e. The maximum Gasteiger partial charge on any atom is 0.0601 e. The molecular formula is C9H9BrClN. The van der Waals surface area contributed by atoms with Crippen molar-refractivity contribution >= 4 is 33.2 Å². The Morgan fingerprint density at radius 1 is 1.50 bits per heavy atom. The predicted octanol–water partition coefficient (Wildman–Crippen LogP) is 3.09. The first-order chi connectivity index (χ1) is 5.70. The Hall–Kier alpha value is -0.210. The van der Waals surface area contributed by atoms with Gasteiger partial charge in [0.25, 0.3) is 0 Å². The van der Waals surface area contributed by atoms with Crippen LogP contribution in [0.3, 0.4) is 0 Å². The highest BCUT2D eigenvalue weighted by atomic mass is 79.9. The second-order valence-electron chi connectivity index (χ2n) is 3.03. The number of benzene rings is 1. The molecule has 1 aromatic carbocycles. The molecular weight excluding hydrogens is 237 g/mol. The minimum absolute atomic E-state index is 0.872. The third-order valence-corrected chi connectivity index (χ3v) is 3.60. The summed E-state index contributed by atoms with van der Waals surface area (Å²) in [5.41, 5.74) is 2.54. The molecule has 0 bridgehead atoms. The Kier molecular flexibility index (Phi) is 2.05. The van der Waals surface area contributed by atoms with E-state index in [1.165, 1.54) is 11.3 Å². The molecule has 0 aromatic heterocycles. The Morgan fingerprint density at radius 2 is 2.25 bits per heavy atom. The maximum atomic E-state index is 6.13. The lowest BCUT2D eigenvalue weighted by molar-refractivity contribution is 0.956. The van der Waals surface area contributed by atoms with Gasteiger partial charge in [0.15, 0.2) is 0 Å². The average molecular weight is 247 g/mol. The van der Waals surface area contributed by atoms with Crippen molar-refractivity contribution in [1.29, 1.82) is 0 Å². The molecule has 0 saturated carbocycles. The molecule has 3 heteroatoms. The predicted molar refractivity (Wildman–Crippen MR) is 56.1 cm³/mol. The van der Waals surface area contributed by atoms with Gasteiger partial charge in [0, 0.05) is 23.8 Å². The van der Waals surface area contributed by atoms with Crippen LogP contribution >= 0.6 is 27.5 Å². The first-order valence-corrected chi connectivity index (χ1v) is 5.05. The molecule has 64 valence electrons. The molecule has 1 heterocycles. The molecule has 0 saturated heterocycles. The third kappa shape index (κ3) is 1.14. The van der Waals surface area contributed by atoms with Crippen LogP contribution in [0.4, 0.5) is 5.69 Å². The number of hydrogen-bond donors (Lipinski definition) is 0. The lowest BCUT2D eigenvalue weighted by Crippen LogP contribution is -2.12. The van der Waals surface area contributed by atoms with Crippen LogP contribution in [0.1, 0.15) is 5.56 Å². The summed E-state index contributed by atoms with van der Waals surface area (Å²) in [7, 11) is 2.09. The zero-order valence-electron chi connectivity index (χ0n) is 6.77. The highest BCUT2D eigenvalue weighted by molar-refractivity contribution is 9.10. The van der Waals surface area contributed by atoms with Crippen molar-refractivity contribution in [2.24, 2.45) is 0 Å². The summed E-state index contributed by atoms with van der Waals surface area (Å²) in [4.78, 5) is 2.23. The van der Waals surface area contributed by atoms with Gasteiger partial charge < -0.3 is 4.90 Å². The highest BCUT2D eigenvalue weighted by Crippen LogP contribution is 2.36. The Morgan fingerprint density at radius 3 is 3.00 bits per heavy atom. The van der Waals surface area contributed by atoms with Gasteiger partial charge in [0.2, 0.25) is 0 Å². The van der Waals surface area contributed by atoms with Gasteiger partial charge in [0.1, 0.15) is 0 Å². The normalized spacial score (nSPS) is 15.1. The fourth-order valence-corrected chi connectivity index (χ4v) is 2.20. The molecule has 1 nitrogen and oxygen atoms in total. The molecule has 12 heavy (non-hydrogen) atoms. The molecule has 0 amide bonds. The number of hydrogen-bond acceptors (Lipinski definition) is 1. The molecule has 1 aliphatic heterocycles. The summed E-state index contributed by atoms with van der Waals surface area (Å²) in [6.07, 6.45) is 1.06. The third-order valence-electron chi connectivity index (χ3n) is 2.28. The van der Waals surface area contributed by atoms with Crippen molar-refractivity contribution in [2.45, 2.75) is 6.42 Å². The Balaban J connectivity index is 2.60. The van der Waals surface area contributed by atoms with E-state index in [-0.39, 0.29) is 0 Å². The van der Waals surface area contributed by atoms with E-state index in [1.54, 1.807) is 0 Å².